The molecule has 0 saturated carbocycles. The van der Waals surface area contributed by atoms with Gasteiger partial charge in [0.25, 0.3) is 5.91 Å². The lowest BCUT2D eigenvalue weighted by Crippen LogP contribution is -2.17. The zero-order chi connectivity index (χ0) is 19.1. The zero-order valence-corrected chi connectivity index (χ0v) is 15.7. The van der Waals surface area contributed by atoms with Gasteiger partial charge in [0.05, 0.1) is 6.21 Å². The molecule has 0 aliphatic carbocycles. The van der Waals surface area contributed by atoms with Crippen LogP contribution in [0.25, 0.3) is 0 Å². The summed E-state index contributed by atoms with van der Waals surface area (Å²) in [5.41, 5.74) is 4.68. The number of hydrogen-bond acceptors (Lipinski definition) is 3. The van der Waals surface area contributed by atoms with Crippen LogP contribution in [0, 0.1) is 0 Å². The third-order valence-corrected chi connectivity index (χ3v) is 4.27. The van der Waals surface area contributed by atoms with Gasteiger partial charge in [0.1, 0.15) is 12.4 Å². The molecule has 1 N–H and O–H groups in total. The first-order valence-electron chi connectivity index (χ1n) is 8.17. The summed E-state index contributed by atoms with van der Waals surface area (Å²) >= 11 is 12.0. The molecule has 4 nitrogen and oxygen atoms in total. The SMILES string of the molecule is O=C(N/N=C\c1cccc(OCc2ccc(Cl)cc2Cl)c1)c1ccccc1. The summed E-state index contributed by atoms with van der Waals surface area (Å²) in [4.78, 5) is 11.9. The van der Waals surface area contributed by atoms with Gasteiger partial charge in [0, 0.05) is 21.2 Å². The Kier molecular flexibility index (Phi) is 6.47. The van der Waals surface area contributed by atoms with Crippen LogP contribution in [0.15, 0.2) is 77.9 Å². The van der Waals surface area contributed by atoms with Crippen LogP contribution in [-0.2, 0) is 6.61 Å². The lowest BCUT2D eigenvalue weighted by atomic mass is 10.2. The second-order valence-corrected chi connectivity index (χ2v) is 6.51. The van der Waals surface area contributed by atoms with Crippen LogP contribution in [0.5, 0.6) is 5.75 Å². The molecule has 27 heavy (non-hydrogen) atoms. The van der Waals surface area contributed by atoms with Crippen molar-refractivity contribution in [2.45, 2.75) is 6.61 Å². The van der Waals surface area contributed by atoms with Gasteiger partial charge in [0.15, 0.2) is 0 Å². The van der Waals surface area contributed by atoms with Crippen LogP contribution < -0.4 is 10.2 Å². The topological polar surface area (TPSA) is 50.7 Å². The molecule has 0 radical (unpaired) electrons. The summed E-state index contributed by atoms with van der Waals surface area (Å²) in [5.74, 6) is 0.399. The standard InChI is InChI=1S/C21H16Cl2N2O2/c22-18-10-9-17(20(23)12-18)14-27-19-8-4-5-15(11-19)13-24-25-21(26)16-6-2-1-3-7-16/h1-13H,14H2,(H,25,26)/b24-13-. The van der Waals surface area contributed by atoms with Crippen molar-refractivity contribution >= 4 is 35.3 Å². The van der Waals surface area contributed by atoms with Crippen LogP contribution in [0.3, 0.4) is 0 Å². The fourth-order valence-corrected chi connectivity index (χ4v) is 2.77. The Labute approximate surface area is 167 Å². The smallest absolute Gasteiger partial charge is 0.271 e. The van der Waals surface area contributed by atoms with Crippen LogP contribution in [-0.4, -0.2) is 12.1 Å². The number of ether oxygens (including phenoxy) is 1. The summed E-state index contributed by atoms with van der Waals surface area (Å²) in [5, 5.41) is 5.13. The quantitative estimate of drug-likeness (QED) is 0.450. The third-order valence-electron chi connectivity index (χ3n) is 3.68. The average molecular weight is 399 g/mol. The molecule has 0 fully saturated rings. The van der Waals surface area contributed by atoms with Crippen molar-refractivity contribution in [1.29, 1.82) is 0 Å². The van der Waals surface area contributed by atoms with E-state index in [0.29, 0.717) is 28.0 Å². The maximum atomic E-state index is 11.9. The number of nitrogens with one attached hydrogen (secondary N) is 1. The van der Waals surface area contributed by atoms with Crippen molar-refractivity contribution in [2.75, 3.05) is 0 Å². The maximum Gasteiger partial charge on any atom is 0.271 e. The molecule has 0 spiro atoms. The summed E-state index contributed by atoms with van der Waals surface area (Å²) in [6.45, 7) is 0.321. The normalized spacial score (nSPS) is 10.7. The second-order valence-electron chi connectivity index (χ2n) is 5.66. The predicted octanol–water partition coefficient (Wildman–Crippen LogP) is 5.34. The fraction of sp³-hybridized carbons (Fsp3) is 0.0476. The van der Waals surface area contributed by atoms with Crippen LogP contribution in [0.2, 0.25) is 10.0 Å². The van der Waals surface area contributed by atoms with Crippen molar-refractivity contribution in [3.63, 3.8) is 0 Å². The number of halogens is 2. The molecule has 6 heteroatoms. The minimum atomic E-state index is -0.267. The Morgan fingerprint density at radius 1 is 1.00 bits per heavy atom. The van der Waals surface area contributed by atoms with Crippen LogP contribution in [0.1, 0.15) is 21.5 Å². The van der Waals surface area contributed by atoms with Gasteiger partial charge in [-0.25, -0.2) is 5.43 Å². The first-order chi connectivity index (χ1) is 13.1. The summed E-state index contributed by atoms with van der Waals surface area (Å²) in [6.07, 6.45) is 1.56. The van der Waals surface area contributed by atoms with E-state index in [2.05, 4.69) is 10.5 Å². The lowest BCUT2D eigenvalue weighted by molar-refractivity contribution is 0.0955. The van der Waals surface area contributed by atoms with Gasteiger partial charge in [0.2, 0.25) is 0 Å². The van der Waals surface area contributed by atoms with E-state index in [1.165, 1.54) is 0 Å². The molecule has 0 saturated heterocycles. The molecule has 1 amide bonds. The van der Waals surface area contributed by atoms with E-state index in [4.69, 9.17) is 27.9 Å². The predicted molar refractivity (Wildman–Crippen MR) is 109 cm³/mol. The second kappa shape index (κ2) is 9.21. The molecule has 0 unspecified atom stereocenters. The van der Waals surface area contributed by atoms with E-state index in [1.807, 2.05) is 36.4 Å². The largest absolute Gasteiger partial charge is 0.489 e. The molecule has 0 heterocycles. The Bertz CT molecular complexity index is 959. The average Bonchev–Trinajstić information content (AvgIpc) is 2.68. The fourth-order valence-electron chi connectivity index (χ4n) is 2.30. The Hall–Kier alpha value is -2.82. The number of carbonyl (C=O) groups excluding carboxylic acids is 1. The molecule has 136 valence electrons. The minimum absolute atomic E-state index is 0.267. The van der Waals surface area contributed by atoms with E-state index in [9.17, 15) is 4.79 Å². The van der Waals surface area contributed by atoms with E-state index in [0.717, 1.165) is 11.1 Å². The van der Waals surface area contributed by atoms with Gasteiger partial charge >= 0.3 is 0 Å². The molecule has 3 rings (SSSR count). The first kappa shape index (κ1) is 19.0. The number of benzene rings is 3. The van der Waals surface area contributed by atoms with Crippen molar-refractivity contribution in [3.05, 3.63) is 99.5 Å². The molecule has 3 aromatic rings. The molecule has 0 atom stereocenters. The molecule has 0 aromatic heterocycles. The van der Waals surface area contributed by atoms with Crippen LogP contribution >= 0.6 is 23.2 Å². The lowest BCUT2D eigenvalue weighted by Gasteiger charge is -2.08. The highest BCUT2D eigenvalue weighted by molar-refractivity contribution is 6.35. The van der Waals surface area contributed by atoms with Gasteiger partial charge < -0.3 is 4.74 Å². The number of hydrogen-bond donors (Lipinski definition) is 1. The van der Waals surface area contributed by atoms with E-state index < -0.39 is 0 Å². The van der Waals surface area contributed by atoms with Crippen molar-refractivity contribution in [2.24, 2.45) is 5.10 Å². The van der Waals surface area contributed by atoms with E-state index in [1.54, 1.807) is 42.6 Å². The van der Waals surface area contributed by atoms with Crippen molar-refractivity contribution in [3.8, 4) is 5.75 Å². The number of rotatable bonds is 6. The first-order valence-corrected chi connectivity index (χ1v) is 8.92. The number of amides is 1. The highest BCUT2D eigenvalue weighted by Crippen LogP contribution is 2.23. The summed E-state index contributed by atoms with van der Waals surface area (Å²) < 4.78 is 5.77. The molecular formula is C21H16Cl2N2O2. The van der Waals surface area contributed by atoms with Gasteiger partial charge in [-0.1, -0.05) is 59.6 Å². The molecule has 0 bridgehead atoms. The minimum Gasteiger partial charge on any atom is -0.489 e. The zero-order valence-electron chi connectivity index (χ0n) is 14.2. The van der Waals surface area contributed by atoms with Crippen molar-refractivity contribution in [1.82, 2.24) is 5.43 Å². The monoisotopic (exact) mass is 398 g/mol. The molecule has 0 aliphatic heterocycles. The van der Waals surface area contributed by atoms with Gasteiger partial charge in [-0.05, 0) is 42.0 Å². The maximum absolute atomic E-state index is 11.9. The summed E-state index contributed by atoms with van der Waals surface area (Å²) in [6, 6.07) is 21.5. The number of carbonyl (C=O) groups is 1. The van der Waals surface area contributed by atoms with Gasteiger partial charge in [-0.3, -0.25) is 4.79 Å². The third kappa shape index (κ3) is 5.58. The van der Waals surface area contributed by atoms with E-state index in [-0.39, 0.29) is 5.91 Å². The summed E-state index contributed by atoms with van der Waals surface area (Å²) in [7, 11) is 0. The van der Waals surface area contributed by atoms with Crippen molar-refractivity contribution < 1.29 is 9.53 Å². The number of nitrogens with zero attached hydrogens (tertiary/aromatic N) is 1. The molecule has 0 aliphatic rings. The molecule has 3 aromatic carbocycles. The highest BCUT2D eigenvalue weighted by atomic mass is 35.5. The Morgan fingerprint density at radius 3 is 2.59 bits per heavy atom. The Morgan fingerprint density at radius 2 is 1.81 bits per heavy atom. The van der Waals surface area contributed by atoms with E-state index >= 15 is 0 Å². The number of hydrazone groups is 1. The van der Waals surface area contributed by atoms with Gasteiger partial charge in [-0.15, -0.1) is 0 Å². The Balaban J connectivity index is 1.59. The highest BCUT2D eigenvalue weighted by Gasteiger charge is 2.04. The molecular weight excluding hydrogens is 383 g/mol. The van der Waals surface area contributed by atoms with Crippen LogP contribution in [0.4, 0.5) is 0 Å². The van der Waals surface area contributed by atoms with Gasteiger partial charge in [-0.2, -0.15) is 5.10 Å².